The quantitative estimate of drug-likeness (QED) is 0.203. The Labute approximate surface area is 218 Å². The maximum atomic E-state index is 13.6. The second kappa shape index (κ2) is 15.0. The molecular weight excluding hydrogens is 451 g/mol. The summed E-state index contributed by atoms with van der Waals surface area (Å²) in [4.78, 5) is 16.1. The molecule has 1 amide bonds. The van der Waals surface area contributed by atoms with Crippen LogP contribution < -0.4 is 10.1 Å². The van der Waals surface area contributed by atoms with Crippen molar-refractivity contribution in [1.29, 1.82) is 0 Å². The fourth-order valence-corrected chi connectivity index (χ4v) is 5.21. The summed E-state index contributed by atoms with van der Waals surface area (Å²) in [6.07, 6.45) is 12.4. The zero-order valence-corrected chi connectivity index (χ0v) is 23.1. The summed E-state index contributed by atoms with van der Waals surface area (Å²) in [5.74, 6) is 0.967. The first-order chi connectivity index (χ1) is 17.2. The largest absolute Gasteiger partial charge is 0.491 e. The first-order valence-corrected chi connectivity index (χ1v) is 13.6. The van der Waals surface area contributed by atoms with E-state index >= 15 is 0 Å². The zero-order chi connectivity index (χ0) is 26.6. The highest BCUT2D eigenvalue weighted by Gasteiger charge is 2.48. The zero-order valence-electron chi connectivity index (χ0n) is 23.1. The van der Waals surface area contributed by atoms with Crippen LogP contribution in [0.4, 0.5) is 4.39 Å². The number of carbonyl (C=O) groups excluding carboxylic acids is 1. The number of rotatable bonds is 15. The van der Waals surface area contributed by atoms with Crippen LogP contribution in [-0.4, -0.2) is 36.0 Å². The van der Waals surface area contributed by atoms with E-state index in [9.17, 15) is 9.18 Å². The lowest BCUT2D eigenvalue weighted by atomic mass is 9.74. The molecule has 0 heterocycles. The minimum atomic E-state index is -0.338. The molecule has 1 aliphatic carbocycles. The Morgan fingerprint density at radius 2 is 2.08 bits per heavy atom. The highest BCUT2D eigenvalue weighted by atomic mass is 19.1. The van der Waals surface area contributed by atoms with E-state index in [1.165, 1.54) is 12.2 Å². The van der Waals surface area contributed by atoms with Crippen LogP contribution in [0.15, 0.2) is 61.0 Å². The van der Waals surface area contributed by atoms with Gasteiger partial charge < -0.3 is 15.0 Å². The number of carbonyl (C=O) groups is 1. The first kappa shape index (κ1) is 29.8. The smallest absolute Gasteiger partial charge is 0.226 e. The van der Waals surface area contributed by atoms with E-state index in [2.05, 4.69) is 37.6 Å². The number of allylic oxidation sites excluding steroid dienone is 5. The van der Waals surface area contributed by atoms with Gasteiger partial charge in [0.05, 0.1) is 11.5 Å². The van der Waals surface area contributed by atoms with Crippen molar-refractivity contribution in [2.24, 2.45) is 11.3 Å². The van der Waals surface area contributed by atoms with Crippen LogP contribution in [0.3, 0.4) is 0 Å². The molecule has 5 heteroatoms. The van der Waals surface area contributed by atoms with Crippen LogP contribution in [0.5, 0.6) is 5.75 Å². The molecule has 0 spiro atoms. The Kier molecular flexibility index (Phi) is 12.4. The number of ether oxygens (including phenoxy) is 1. The molecule has 0 radical (unpaired) electrons. The fourth-order valence-electron chi connectivity index (χ4n) is 5.21. The van der Waals surface area contributed by atoms with Crippen molar-refractivity contribution in [3.8, 4) is 5.75 Å². The summed E-state index contributed by atoms with van der Waals surface area (Å²) < 4.78 is 18.9. The van der Waals surface area contributed by atoms with Gasteiger partial charge in [-0.25, -0.2) is 4.39 Å². The molecule has 1 saturated carbocycles. The second-order valence-electron chi connectivity index (χ2n) is 10.6. The van der Waals surface area contributed by atoms with Crippen LogP contribution >= 0.6 is 0 Å². The van der Waals surface area contributed by atoms with Gasteiger partial charge >= 0.3 is 0 Å². The molecule has 0 aromatic heterocycles. The van der Waals surface area contributed by atoms with E-state index in [1.54, 1.807) is 6.08 Å². The van der Waals surface area contributed by atoms with Crippen molar-refractivity contribution in [1.82, 2.24) is 10.2 Å². The van der Waals surface area contributed by atoms with Crippen LogP contribution in [-0.2, 0) is 11.3 Å². The Hall–Kier alpha value is -2.40. The molecule has 4 nitrogen and oxygen atoms in total. The normalized spacial score (nSPS) is 20.6. The van der Waals surface area contributed by atoms with Crippen molar-refractivity contribution >= 4 is 5.91 Å². The Balaban J connectivity index is 1.98. The molecule has 2 atom stereocenters. The Bertz CT molecular complexity index is 892. The number of benzene rings is 1. The topological polar surface area (TPSA) is 41.6 Å². The lowest BCUT2D eigenvalue weighted by molar-refractivity contribution is -0.133. The number of nitrogens with one attached hydrogen (secondary N) is 1. The van der Waals surface area contributed by atoms with Crippen LogP contribution in [0, 0.1) is 11.3 Å². The number of nitrogens with zero attached hydrogens (tertiary/aromatic N) is 1. The summed E-state index contributed by atoms with van der Waals surface area (Å²) in [5.41, 5.74) is 0.716. The summed E-state index contributed by atoms with van der Waals surface area (Å²) in [5, 5.41) is 3.25. The molecule has 1 N–H and O–H groups in total. The van der Waals surface area contributed by atoms with Gasteiger partial charge in [-0.2, -0.15) is 0 Å². The number of halogens is 1. The van der Waals surface area contributed by atoms with Crippen molar-refractivity contribution in [2.75, 3.05) is 13.1 Å². The third-order valence-electron chi connectivity index (χ3n) is 7.23. The van der Waals surface area contributed by atoms with Crippen molar-refractivity contribution in [3.63, 3.8) is 0 Å². The monoisotopic (exact) mass is 498 g/mol. The summed E-state index contributed by atoms with van der Waals surface area (Å²) >= 11 is 0. The third-order valence-corrected chi connectivity index (χ3v) is 7.23. The van der Waals surface area contributed by atoms with Gasteiger partial charge in [0.15, 0.2) is 0 Å². The van der Waals surface area contributed by atoms with Gasteiger partial charge in [-0.3, -0.25) is 4.79 Å². The lowest BCUT2D eigenvalue weighted by Gasteiger charge is -2.34. The van der Waals surface area contributed by atoms with Crippen LogP contribution in [0.25, 0.3) is 0 Å². The van der Waals surface area contributed by atoms with Crippen molar-refractivity contribution in [2.45, 2.75) is 91.8 Å². The van der Waals surface area contributed by atoms with E-state index in [1.807, 2.05) is 44.2 Å². The average Bonchev–Trinajstić information content (AvgIpc) is 3.30. The molecule has 0 aliphatic heterocycles. The lowest BCUT2D eigenvalue weighted by Crippen LogP contribution is -2.44. The summed E-state index contributed by atoms with van der Waals surface area (Å²) in [7, 11) is 0. The van der Waals surface area contributed by atoms with E-state index in [4.69, 9.17) is 4.74 Å². The number of unbranched alkanes of at least 4 members (excludes halogenated alkanes) is 1. The second-order valence-corrected chi connectivity index (χ2v) is 10.6. The Morgan fingerprint density at radius 3 is 2.75 bits per heavy atom. The third kappa shape index (κ3) is 8.92. The maximum absolute atomic E-state index is 13.6. The molecule has 2 unspecified atom stereocenters. The van der Waals surface area contributed by atoms with E-state index < -0.39 is 0 Å². The molecule has 1 aromatic carbocycles. The molecular formula is C31H47FN2O2. The van der Waals surface area contributed by atoms with E-state index in [0.717, 1.165) is 62.9 Å². The summed E-state index contributed by atoms with van der Waals surface area (Å²) in [6, 6.07) is 8.40. The predicted octanol–water partition coefficient (Wildman–Crippen LogP) is 7.37. The van der Waals surface area contributed by atoms with E-state index in [0.29, 0.717) is 12.6 Å². The van der Waals surface area contributed by atoms with Gasteiger partial charge in [-0.15, -0.1) is 0 Å². The number of hydrogen-bond acceptors (Lipinski definition) is 3. The SMILES string of the molecule is C=C/C(F)=C\C=C\CCCN(CCC)C1CCC(C(=O)NCc2cccc(OC(C)C)c2)(C(C)C)C1. The van der Waals surface area contributed by atoms with Crippen molar-refractivity contribution < 1.29 is 13.9 Å². The average molecular weight is 499 g/mol. The minimum absolute atomic E-state index is 0.119. The molecule has 36 heavy (non-hydrogen) atoms. The molecule has 1 aromatic rings. The van der Waals surface area contributed by atoms with Crippen LogP contribution in [0.1, 0.15) is 78.7 Å². The molecule has 0 saturated heterocycles. The first-order valence-electron chi connectivity index (χ1n) is 13.6. The minimum Gasteiger partial charge on any atom is -0.491 e. The molecule has 1 aliphatic rings. The highest BCUT2D eigenvalue weighted by Crippen LogP contribution is 2.46. The predicted molar refractivity (Wildman–Crippen MR) is 149 cm³/mol. The van der Waals surface area contributed by atoms with Gasteiger partial charge in [-0.05, 0) is 101 Å². The highest BCUT2D eigenvalue weighted by molar-refractivity contribution is 5.83. The van der Waals surface area contributed by atoms with Gasteiger partial charge in [0.25, 0.3) is 0 Å². The standard InChI is InChI=1S/C31H47FN2O2/c1-7-19-34(20-12-10-9-11-15-27(32)8-2)28-17-18-31(22-28,24(3)4)30(35)33-23-26-14-13-16-29(21-26)36-25(5)6/h8-9,11,13-16,21,24-25,28H,2,7,10,12,17-20,22-23H2,1,3-6H3,(H,33,35)/b11-9+,27-15+. The van der Waals surface area contributed by atoms with Crippen molar-refractivity contribution in [3.05, 3.63) is 66.5 Å². The van der Waals surface area contributed by atoms with Crippen LogP contribution in [0.2, 0.25) is 0 Å². The number of hydrogen-bond donors (Lipinski definition) is 1. The van der Waals surface area contributed by atoms with Gasteiger partial charge in [0, 0.05) is 12.6 Å². The van der Waals surface area contributed by atoms with Gasteiger partial charge in [0.1, 0.15) is 11.6 Å². The maximum Gasteiger partial charge on any atom is 0.226 e. The van der Waals surface area contributed by atoms with Gasteiger partial charge in [-0.1, -0.05) is 51.6 Å². The van der Waals surface area contributed by atoms with E-state index in [-0.39, 0.29) is 29.2 Å². The van der Waals surface area contributed by atoms with Gasteiger partial charge in [0.2, 0.25) is 5.91 Å². The molecule has 0 bridgehead atoms. The Morgan fingerprint density at radius 1 is 1.31 bits per heavy atom. The molecule has 1 fully saturated rings. The number of amides is 1. The fraction of sp³-hybridized carbons (Fsp3) is 0.581. The summed E-state index contributed by atoms with van der Waals surface area (Å²) in [6.45, 7) is 16.6. The molecule has 2 rings (SSSR count). The molecule has 200 valence electrons.